The van der Waals surface area contributed by atoms with Gasteiger partial charge in [-0.3, -0.25) is 4.79 Å². The quantitative estimate of drug-likeness (QED) is 0.896. The summed E-state index contributed by atoms with van der Waals surface area (Å²) >= 11 is 0. The number of aliphatic carboxylic acids is 1. The number of hydrogen-bond acceptors (Lipinski definition) is 2. The molecule has 0 heterocycles. The van der Waals surface area contributed by atoms with Gasteiger partial charge >= 0.3 is 12.1 Å². The van der Waals surface area contributed by atoms with E-state index in [1.54, 1.807) is 24.3 Å². The first-order valence-corrected chi connectivity index (χ1v) is 5.89. The maximum Gasteiger partial charge on any atom is 0.392 e. The summed E-state index contributed by atoms with van der Waals surface area (Å²) in [5.41, 5.74) is 0.885. The van der Waals surface area contributed by atoms with Gasteiger partial charge < -0.3 is 9.84 Å². The highest BCUT2D eigenvalue weighted by Crippen LogP contribution is 2.47. The van der Waals surface area contributed by atoms with Crippen LogP contribution in [0.4, 0.5) is 13.2 Å². The summed E-state index contributed by atoms with van der Waals surface area (Å²) in [5, 5.41) is 8.80. The van der Waals surface area contributed by atoms with Crippen molar-refractivity contribution >= 4 is 5.97 Å². The van der Waals surface area contributed by atoms with Crippen LogP contribution in [-0.2, 0) is 4.79 Å². The van der Waals surface area contributed by atoms with Crippen molar-refractivity contribution in [3.05, 3.63) is 29.8 Å². The molecule has 2 rings (SSSR count). The maximum atomic E-state index is 11.9. The van der Waals surface area contributed by atoms with Gasteiger partial charge in [0.15, 0.2) is 0 Å². The standard InChI is InChI=1S/C13H13F3O3/c14-13(15,16)5-6-19-9-3-1-8(2-4-9)10-7-11(10)12(17)18/h1-4,10-11H,5-7H2,(H,17,18)/t10-,11+/m0/s1. The summed E-state index contributed by atoms with van der Waals surface area (Å²) in [5.74, 6) is -0.769. The van der Waals surface area contributed by atoms with Crippen LogP contribution >= 0.6 is 0 Å². The molecular weight excluding hydrogens is 261 g/mol. The Bertz CT molecular complexity index is 453. The molecule has 0 unspecified atom stereocenters. The molecule has 0 aliphatic heterocycles. The van der Waals surface area contributed by atoms with Gasteiger partial charge in [0.2, 0.25) is 0 Å². The predicted molar refractivity (Wildman–Crippen MR) is 61.1 cm³/mol. The van der Waals surface area contributed by atoms with Crippen LogP contribution in [-0.4, -0.2) is 23.9 Å². The van der Waals surface area contributed by atoms with Gasteiger partial charge in [-0.05, 0) is 30.0 Å². The highest BCUT2D eigenvalue weighted by molar-refractivity contribution is 5.75. The molecule has 3 nitrogen and oxygen atoms in total. The Hall–Kier alpha value is -1.72. The topological polar surface area (TPSA) is 46.5 Å². The summed E-state index contributed by atoms with van der Waals surface area (Å²) < 4.78 is 40.7. The Morgan fingerprint density at radius 3 is 2.42 bits per heavy atom. The smallest absolute Gasteiger partial charge is 0.392 e. The van der Waals surface area contributed by atoms with Crippen molar-refractivity contribution in [3.8, 4) is 5.75 Å². The van der Waals surface area contributed by atoms with E-state index in [1.807, 2.05) is 0 Å². The summed E-state index contributed by atoms with van der Waals surface area (Å²) in [6.07, 6.45) is -4.59. The molecule has 1 aromatic rings. The number of hydrogen-bond donors (Lipinski definition) is 1. The summed E-state index contributed by atoms with van der Waals surface area (Å²) in [6, 6.07) is 6.55. The van der Waals surface area contributed by atoms with E-state index in [9.17, 15) is 18.0 Å². The Labute approximate surface area is 108 Å². The second kappa shape index (κ2) is 5.11. The van der Waals surface area contributed by atoms with Crippen LogP contribution in [0.2, 0.25) is 0 Å². The molecule has 104 valence electrons. The Morgan fingerprint density at radius 2 is 1.95 bits per heavy atom. The minimum absolute atomic E-state index is 0.0155. The Morgan fingerprint density at radius 1 is 1.32 bits per heavy atom. The third-order valence-corrected chi connectivity index (χ3v) is 3.07. The van der Waals surface area contributed by atoms with Crippen molar-refractivity contribution in [2.75, 3.05) is 6.61 Å². The van der Waals surface area contributed by atoms with Gasteiger partial charge in [0.05, 0.1) is 18.9 Å². The van der Waals surface area contributed by atoms with Crippen molar-refractivity contribution in [1.82, 2.24) is 0 Å². The van der Waals surface area contributed by atoms with Crippen molar-refractivity contribution in [2.24, 2.45) is 5.92 Å². The molecule has 2 atom stereocenters. The van der Waals surface area contributed by atoms with Crippen LogP contribution in [0.25, 0.3) is 0 Å². The molecule has 0 bridgehead atoms. The van der Waals surface area contributed by atoms with Crippen LogP contribution in [0.3, 0.4) is 0 Å². The molecule has 1 aromatic carbocycles. The average molecular weight is 274 g/mol. The van der Waals surface area contributed by atoms with Crippen LogP contribution in [0, 0.1) is 5.92 Å². The molecule has 1 fully saturated rings. The van der Waals surface area contributed by atoms with Crippen molar-refractivity contribution < 1.29 is 27.8 Å². The minimum Gasteiger partial charge on any atom is -0.493 e. The fourth-order valence-corrected chi connectivity index (χ4v) is 1.93. The lowest BCUT2D eigenvalue weighted by molar-refractivity contribution is -0.140. The third kappa shape index (κ3) is 3.87. The molecule has 0 aromatic heterocycles. The van der Waals surface area contributed by atoms with Gasteiger partial charge in [-0.15, -0.1) is 0 Å². The van der Waals surface area contributed by atoms with Crippen LogP contribution in [0.15, 0.2) is 24.3 Å². The first-order valence-electron chi connectivity index (χ1n) is 5.89. The van der Waals surface area contributed by atoms with Gasteiger partial charge in [0.25, 0.3) is 0 Å². The predicted octanol–water partition coefficient (Wildman–Crippen LogP) is 3.21. The number of alkyl halides is 3. The molecule has 0 spiro atoms. The monoisotopic (exact) mass is 274 g/mol. The van der Waals surface area contributed by atoms with E-state index in [1.165, 1.54) is 0 Å². The van der Waals surface area contributed by atoms with Crippen LogP contribution < -0.4 is 4.74 Å². The maximum absolute atomic E-state index is 11.9. The number of ether oxygens (including phenoxy) is 1. The Kier molecular flexibility index (Phi) is 3.68. The minimum atomic E-state index is -4.22. The number of benzene rings is 1. The van der Waals surface area contributed by atoms with Gasteiger partial charge in [0, 0.05) is 0 Å². The fourth-order valence-electron chi connectivity index (χ4n) is 1.93. The van der Waals surface area contributed by atoms with Gasteiger partial charge in [0.1, 0.15) is 5.75 Å². The molecule has 1 saturated carbocycles. The number of carboxylic acid groups (broad SMARTS) is 1. The lowest BCUT2D eigenvalue weighted by Gasteiger charge is -2.09. The second-order valence-electron chi connectivity index (χ2n) is 4.57. The SMILES string of the molecule is O=C(O)[C@@H]1C[C@H]1c1ccc(OCCC(F)(F)F)cc1. The van der Waals surface area contributed by atoms with Gasteiger partial charge in [-0.25, -0.2) is 0 Å². The van der Waals surface area contributed by atoms with Crippen molar-refractivity contribution in [1.29, 1.82) is 0 Å². The number of halogens is 3. The first-order chi connectivity index (χ1) is 8.87. The number of carboxylic acids is 1. The summed E-state index contributed by atoms with van der Waals surface area (Å²) in [7, 11) is 0. The molecule has 0 saturated heterocycles. The highest BCUT2D eigenvalue weighted by Gasteiger charge is 2.44. The zero-order valence-corrected chi connectivity index (χ0v) is 9.98. The molecule has 1 aliphatic rings. The van der Waals surface area contributed by atoms with Crippen LogP contribution in [0.5, 0.6) is 5.75 Å². The highest BCUT2D eigenvalue weighted by atomic mass is 19.4. The normalized spacial score (nSPS) is 22.1. The summed E-state index contributed by atoms with van der Waals surface area (Å²) in [6.45, 7) is -0.413. The number of rotatable bonds is 5. The lowest BCUT2D eigenvalue weighted by Crippen LogP contribution is -2.12. The van der Waals surface area contributed by atoms with E-state index in [2.05, 4.69) is 0 Å². The fraction of sp³-hybridized carbons (Fsp3) is 0.462. The Balaban J connectivity index is 1.84. The molecule has 6 heteroatoms. The largest absolute Gasteiger partial charge is 0.493 e. The van der Waals surface area contributed by atoms with E-state index in [0.717, 1.165) is 5.56 Å². The van der Waals surface area contributed by atoms with Gasteiger partial charge in [-0.2, -0.15) is 13.2 Å². The number of carbonyl (C=O) groups is 1. The molecule has 1 N–H and O–H groups in total. The molecule has 0 amide bonds. The van der Waals surface area contributed by atoms with E-state index in [0.29, 0.717) is 12.2 Å². The second-order valence-corrected chi connectivity index (χ2v) is 4.57. The van der Waals surface area contributed by atoms with E-state index in [-0.39, 0.29) is 11.8 Å². The molecule has 0 radical (unpaired) electrons. The van der Waals surface area contributed by atoms with E-state index >= 15 is 0 Å². The summed E-state index contributed by atoms with van der Waals surface area (Å²) in [4.78, 5) is 10.7. The zero-order chi connectivity index (χ0) is 14.0. The van der Waals surface area contributed by atoms with E-state index < -0.39 is 25.2 Å². The lowest BCUT2D eigenvalue weighted by atomic mass is 10.1. The molecule has 1 aliphatic carbocycles. The molecular formula is C13H13F3O3. The average Bonchev–Trinajstić information content (AvgIpc) is 3.08. The third-order valence-electron chi connectivity index (χ3n) is 3.07. The molecule has 19 heavy (non-hydrogen) atoms. The first kappa shape index (κ1) is 13.7. The van der Waals surface area contributed by atoms with Gasteiger partial charge in [-0.1, -0.05) is 12.1 Å². The van der Waals surface area contributed by atoms with Crippen molar-refractivity contribution in [2.45, 2.75) is 24.9 Å². The van der Waals surface area contributed by atoms with E-state index in [4.69, 9.17) is 9.84 Å². The van der Waals surface area contributed by atoms with Crippen molar-refractivity contribution in [3.63, 3.8) is 0 Å². The van der Waals surface area contributed by atoms with Crippen LogP contribution in [0.1, 0.15) is 24.3 Å². The zero-order valence-electron chi connectivity index (χ0n) is 9.98.